The van der Waals surface area contributed by atoms with Crippen molar-refractivity contribution >= 4 is 38.9 Å². The topological polar surface area (TPSA) is 41.1 Å². The van der Waals surface area contributed by atoms with Crippen molar-refractivity contribution in [1.82, 2.24) is 5.32 Å². The number of amides is 1. The molecule has 1 unspecified atom stereocenters. The molecule has 20 heavy (non-hydrogen) atoms. The molecule has 0 saturated carbocycles. The number of fused-ring (bicyclic) bond motifs is 1. The summed E-state index contributed by atoms with van der Waals surface area (Å²) in [5.41, 5.74) is 4.48. The molecule has 1 amide bonds. The highest BCUT2D eigenvalue weighted by molar-refractivity contribution is 9.11. The Morgan fingerprint density at radius 1 is 1.40 bits per heavy atom. The van der Waals surface area contributed by atoms with E-state index in [2.05, 4.69) is 57.1 Å². The number of carbonyl (C=O) groups excluding carboxylic acids is 1. The van der Waals surface area contributed by atoms with E-state index < -0.39 is 0 Å². The summed E-state index contributed by atoms with van der Waals surface area (Å²) < 4.78 is 1.13. The van der Waals surface area contributed by atoms with Crippen molar-refractivity contribution in [3.05, 3.63) is 50.1 Å². The Hall–Kier alpha value is -1.17. The summed E-state index contributed by atoms with van der Waals surface area (Å²) >= 11 is 5.21. The molecule has 0 spiro atoms. The van der Waals surface area contributed by atoms with Gasteiger partial charge in [-0.2, -0.15) is 0 Å². The van der Waals surface area contributed by atoms with Gasteiger partial charge >= 0.3 is 0 Å². The number of hydrogen-bond acceptors (Lipinski definition) is 3. The van der Waals surface area contributed by atoms with E-state index in [0.717, 1.165) is 21.6 Å². The van der Waals surface area contributed by atoms with Crippen LogP contribution in [0, 0.1) is 0 Å². The number of benzene rings is 1. The van der Waals surface area contributed by atoms with Gasteiger partial charge in [0.25, 0.3) is 0 Å². The molecule has 0 saturated heterocycles. The van der Waals surface area contributed by atoms with Crippen LogP contribution in [0.3, 0.4) is 0 Å². The van der Waals surface area contributed by atoms with Gasteiger partial charge in [0, 0.05) is 5.69 Å². The van der Waals surface area contributed by atoms with Gasteiger partial charge in [-0.3, -0.25) is 4.79 Å². The Bertz CT molecular complexity index is 653. The maximum atomic E-state index is 11.4. The van der Waals surface area contributed by atoms with E-state index in [1.807, 2.05) is 6.07 Å². The van der Waals surface area contributed by atoms with Gasteiger partial charge in [-0.15, -0.1) is 11.3 Å². The Kier molecular flexibility index (Phi) is 3.92. The van der Waals surface area contributed by atoms with Crippen molar-refractivity contribution in [2.45, 2.75) is 19.4 Å². The lowest BCUT2D eigenvalue weighted by atomic mass is 9.98. The van der Waals surface area contributed by atoms with Crippen LogP contribution in [0.25, 0.3) is 0 Å². The van der Waals surface area contributed by atoms with Crippen molar-refractivity contribution < 1.29 is 4.79 Å². The van der Waals surface area contributed by atoms with Gasteiger partial charge in [-0.25, -0.2) is 0 Å². The molecule has 0 radical (unpaired) electrons. The summed E-state index contributed by atoms with van der Waals surface area (Å²) in [5, 5.41) is 8.55. The molecular formula is C15H15BrN2OS. The highest BCUT2D eigenvalue weighted by atomic mass is 79.9. The Morgan fingerprint density at radius 3 is 2.95 bits per heavy atom. The van der Waals surface area contributed by atoms with E-state index in [1.165, 1.54) is 11.1 Å². The first kappa shape index (κ1) is 13.8. The van der Waals surface area contributed by atoms with Crippen molar-refractivity contribution in [2.24, 2.45) is 0 Å². The smallest absolute Gasteiger partial charge is 0.228 e. The molecule has 1 aliphatic rings. The molecule has 1 aromatic carbocycles. The largest absolute Gasteiger partial charge is 0.326 e. The van der Waals surface area contributed by atoms with Crippen LogP contribution in [0.15, 0.2) is 33.4 Å². The SMILES string of the molecule is CCNC(c1csc(Br)c1)c1ccc2c(c1)CC(=O)N2. The predicted molar refractivity (Wildman–Crippen MR) is 86.3 cm³/mol. The number of anilines is 1. The molecule has 104 valence electrons. The minimum Gasteiger partial charge on any atom is -0.326 e. The first-order valence-electron chi connectivity index (χ1n) is 6.57. The molecule has 2 N–H and O–H groups in total. The fourth-order valence-corrected chi connectivity index (χ4v) is 3.74. The van der Waals surface area contributed by atoms with E-state index in [9.17, 15) is 4.79 Å². The minimum atomic E-state index is 0.0791. The first-order valence-corrected chi connectivity index (χ1v) is 8.24. The zero-order valence-electron chi connectivity index (χ0n) is 11.1. The fourth-order valence-electron chi connectivity index (χ4n) is 2.54. The van der Waals surface area contributed by atoms with E-state index >= 15 is 0 Å². The second-order valence-corrected chi connectivity index (χ2v) is 7.11. The summed E-state index contributed by atoms with van der Waals surface area (Å²) in [6, 6.07) is 8.54. The van der Waals surface area contributed by atoms with Crippen LogP contribution >= 0.6 is 27.3 Å². The summed E-state index contributed by atoms with van der Waals surface area (Å²) in [7, 11) is 0. The van der Waals surface area contributed by atoms with Crippen LogP contribution in [0.4, 0.5) is 5.69 Å². The number of thiophene rings is 1. The van der Waals surface area contributed by atoms with E-state index in [4.69, 9.17) is 0 Å². The molecular weight excluding hydrogens is 336 g/mol. The van der Waals surface area contributed by atoms with Crippen LogP contribution in [-0.2, 0) is 11.2 Å². The van der Waals surface area contributed by atoms with Crippen molar-refractivity contribution in [1.29, 1.82) is 0 Å². The monoisotopic (exact) mass is 350 g/mol. The van der Waals surface area contributed by atoms with E-state index in [1.54, 1.807) is 11.3 Å². The van der Waals surface area contributed by atoms with Gasteiger partial charge in [-0.05, 0) is 56.7 Å². The molecule has 1 aliphatic heterocycles. The highest BCUT2D eigenvalue weighted by Crippen LogP contribution is 2.32. The molecule has 1 aromatic heterocycles. The molecule has 3 nitrogen and oxygen atoms in total. The van der Waals surface area contributed by atoms with Gasteiger partial charge in [0.15, 0.2) is 0 Å². The van der Waals surface area contributed by atoms with E-state index in [0.29, 0.717) is 6.42 Å². The van der Waals surface area contributed by atoms with Gasteiger partial charge in [0.05, 0.1) is 16.2 Å². The maximum absolute atomic E-state index is 11.4. The zero-order valence-corrected chi connectivity index (χ0v) is 13.5. The molecule has 5 heteroatoms. The third-order valence-electron chi connectivity index (χ3n) is 3.42. The number of rotatable bonds is 4. The molecule has 3 rings (SSSR count). The molecule has 0 fully saturated rings. The minimum absolute atomic E-state index is 0.0791. The number of nitrogens with one attached hydrogen (secondary N) is 2. The number of halogens is 1. The Balaban J connectivity index is 1.96. The second kappa shape index (κ2) is 5.68. The van der Waals surface area contributed by atoms with Crippen molar-refractivity contribution in [3.63, 3.8) is 0 Å². The Labute approximate surface area is 130 Å². The molecule has 1 atom stereocenters. The third kappa shape index (κ3) is 2.66. The van der Waals surface area contributed by atoms with Crippen LogP contribution < -0.4 is 10.6 Å². The van der Waals surface area contributed by atoms with Gasteiger partial charge in [0.2, 0.25) is 5.91 Å². The standard InChI is InChI=1S/C15H15BrN2OS/c1-2-17-15(11-6-13(16)20-8-11)9-3-4-12-10(5-9)7-14(19)18-12/h3-6,8,15,17H,2,7H2,1H3,(H,18,19). The average Bonchev–Trinajstić information content (AvgIpc) is 3.00. The molecule has 0 aliphatic carbocycles. The summed E-state index contributed by atoms with van der Waals surface area (Å²) in [6.45, 7) is 3.00. The first-order chi connectivity index (χ1) is 9.67. The lowest BCUT2D eigenvalue weighted by molar-refractivity contribution is -0.115. The normalized spacial score (nSPS) is 15.0. The summed E-state index contributed by atoms with van der Waals surface area (Å²) in [4.78, 5) is 11.4. The summed E-state index contributed by atoms with van der Waals surface area (Å²) in [5.74, 6) is 0.0791. The fraction of sp³-hybridized carbons (Fsp3) is 0.267. The van der Waals surface area contributed by atoms with Crippen LogP contribution in [0.1, 0.15) is 29.7 Å². The number of carbonyl (C=O) groups is 1. The zero-order chi connectivity index (χ0) is 14.1. The highest BCUT2D eigenvalue weighted by Gasteiger charge is 2.21. The predicted octanol–water partition coefficient (Wildman–Crippen LogP) is 3.70. The Morgan fingerprint density at radius 2 is 2.25 bits per heavy atom. The van der Waals surface area contributed by atoms with Crippen LogP contribution in [0.2, 0.25) is 0 Å². The molecule has 2 aromatic rings. The maximum Gasteiger partial charge on any atom is 0.228 e. The molecule has 2 heterocycles. The quantitative estimate of drug-likeness (QED) is 0.882. The lowest BCUT2D eigenvalue weighted by Gasteiger charge is -2.18. The third-order valence-corrected chi connectivity index (χ3v) is 4.94. The van der Waals surface area contributed by atoms with Gasteiger partial charge < -0.3 is 10.6 Å². The van der Waals surface area contributed by atoms with Crippen LogP contribution in [-0.4, -0.2) is 12.5 Å². The van der Waals surface area contributed by atoms with Crippen molar-refractivity contribution in [2.75, 3.05) is 11.9 Å². The van der Waals surface area contributed by atoms with Crippen molar-refractivity contribution in [3.8, 4) is 0 Å². The van der Waals surface area contributed by atoms with Gasteiger partial charge in [-0.1, -0.05) is 19.1 Å². The average molecular weight is 351 g/mol. The summed E-state index contributed by atoms with van der Waals surface area (Å²) in [6.07, 6.45) is 0.481. The van der Waals surface area contributed by atoms with E-state index in [-0.39, 0.29) is 11.9 Å². The second-order valence-electron chi connectivity index (χ2n) is 4.82. The van der Waals surface area contributed by atoms with Crippen LogP contribution in [0.5, 0.6) is 0 Å². The molecule has 0 bridgehead atoms. The van der Waals surface area contributed by atoms with Gasteiger partial charge in [0.1, 0.15) is 0 Å². The number of hydrogen-bond donors (Lipinski definition) is 2. The lowest BCUT2D eigenvalue weighted by Crippen LogP contribution is -2.21.